The molecule has 0 saturated carbocycles. The normalized spacial score (nSPS) is 13.1. The van der Waals surface area contributed by atoms with E-state index in [1.807, 2.05) is 180 Å². The van der Waals surface area contributed by atoms with Gasteiger partial charge in [-0.05, 0) is 81.1 Å². The maximum absolute atomic E-state index is 7.67. The molecular weight excluding hydrogens is 1320 g/mol. The number of hydrogen-bond donors (Lipinski definition) is 0. The van der Waals surface area contributed by atoms with E-state index in [0.29, 0.717) is 34.4 Å². The van der Waals surface area contributed by atoms with Crippen LogP contribution >= 0.6 is 0 Å². The van der Waals surface area contributed by atoms with Gasteiger partial charge in [-0.15, -0.1) is 0 Å². The van der Waals surface area contributed by atoms with Crippen LogP contribution in [0.2, 0.25) is 0 Å². The summed E-state index contributed by atoms with van der Waals surface area (Å²) in [5, 5.41) is 12.2. The molecule has 16 heteroatoms. The fourth-order valence-corrected chi connectivity index (χ4v) is 14.9. The Morgan fingerprint density at radius 1 is 0.349 bits per heavy atom. The minimum atomic E-state index is -2.25. The van der Waals surface area contributed by atoms with Crippen molar-refractivity contribution in [1.29, 1.82) is 0 Å². The van der Waals surface area contributed by atoms with Crippen LogP contribution in [0, 0.1) is 34.5 Å². The molecule has 12 heterocycles. The van der Waals surface area contributed by atoms with Gasteiger partial charge in [0.25, 0.3) is 23.1 Å². The lowest BCUT2D eigenvalue weighted by Crippen LogP contribution is -2.32. The third-order valence-corrected chi connectivity index (χ3v) is 20.1. The van der Waals surface area contributed by atoms with Gasteiger partial charge in [0.05, 0.1) is 68.6 Å². The zero-order valence-electron chi connectivity index (χ0n) is 65.4. The second-order valence-corrected chi connectivity index (χ2v) is 27.0. The molecule has 0 N–H and O–H groups in total. The lowest BCUT2D eigenvalue weighted by Gasteiger charge is -2.07. The first-order valence-electron chi connectivity index (χ1n) is 37.8. The van der Waals surface area contributed by atoms with E-state index in [0.717, 1.165) is 182 Å². The van der Waals surface area contributed by atoms with Crippen LogP contribution in [-0.4, -0.2) is 19.9 Å². The van der Waals surface area contributed by atoms with Crippen molar-refractivity contribution < 1.29 is 61.8 Å². The maximum atomic E-state index is 7.67. The minimum Gasteiger partial charge on any atom is -0.425 e. The predicted octanol–water partition coefficient (Wildman–Crippen LogP) is 21.2. The molecule has 516 valence electrons. The van der Waals surface area contributed by atoms with Crippen molar-refractivity contribution in [1.82, 2.24) is 19.9 Å². The Balaban J connectivity index is 0.000000105. The third-order valence-electron chi connectivity index (χ3n) is 20.1. The highest BCUT2D eigenvalue weighted by Gasteiger charge is 2.29. The Morgan fingerprint density at radius 2 is 0.708 bits per heavy atom. The van der Waals surface area contributed by atoms with E-state index in [2.05, 4.69) is 105 Å². The predicted molar refractivity (Wildman–Crippen MR) is 415 cm³/mol. The van der Waals surface area contributed by atoms with Gasteiger partial charge in [-0.3, -0.25) is 4.98 Å². The van der Waals surface area contributed by atoms with Gasteiger partial charge in [-0.1, -0.05) is 165 Å². The first kappa shape index (κ1) is 58.2. The topological polar surface area (TPSA) is 172 Å². The van der Waals surface area contributed by atoms with E-state index < -0.39 is 19.6 Å². The number of furan rings is 8. The fourth-order valence-electron chi connectivity index (χ4n) is 14.9. The van der Waals surface area contributed by atoms with Crippen molar-refractivity contribution in [2.24, 2.45) is 28.2 Å². The molecule has 0 aliphatic heterocycles. The zero-order valence-corrected chi connectivity index (χ0v) is 59.4. The number of fused-ring (bicyclic) bond motifs is 20. The van der Waals surface area contributed by atoms with E-state index in [4.69, 9.17) is 48.5 Å². The highest BCUT2D eigenvalue weighted by molar-refractivity contribution is 6.23. The average Bonchev–Trinajstić information content (AvgIpc) is 1.59. The lowest BCUT2D eigenvalue weighted by atomic mass is 10.0. The molecule has 0 aliphatic rings. The van der Waals surface area contributed by atoms with Crippen LogP contribution in [0.1, 0.15) is 61.6 Å². The Bertz CT molecular complexity index is 7340. The van der Waals surface area contributed by atoms with Crippen molar-refractivity contribution >= 4 is 132 Å². The number of nitrogens with zero attached hydrogens (tertiary/aromatic N) is 8. The molecule has 1 atom stereocenters. The molecule has 0 spiro atoms. The summed E-state index contributed by atoms with van der Waals surface area (Å²) in [4.78, 5) is 17.7. The molecule has 21 rings (SSSR count). The van der Waals surface area contributed by atoms with Crippen molar-refractivity contribution in [2.45, 2.75) is 54.2 Å². The molecule has 21 aromatic rings. The second kappa shape index (κ2) is 25.6. The quantitative estimate of drug-likeness (QED) is 0.144. The molecule has 0 aliphatic carbocycles. The highest BCUT2D eigenvalue weighted by Crippen LogP contribution is 2.46. The molecule has 0 fully saturated rings. The van der Waals surface area contributed by atoms with Crippen LogP contribution in [0.25, 0.3) is 189 Å². The Kier molecular flexibility index (Phi) is 14.0. The van der Waals surface area contributed by atoms with E-state index in [9.17, 15) is 0 Å². The van der Waals surface area contributed by atoms with Crippen molar-refractivity contribution in [3.8, 4) is 56.3 Å². The molecule has 0 radical (unpaired) electrons. The molecule has 0 amide bonds. The summed E-state index contributed by atoms with van der Waals surface area (Å²) < 4.78 is 102. The van der Waals surface area contributed by atoms with Gasteiger partial charge in [-0.2, -0.15) is 18.3 Å². The summed E-state index contributed by atoms with van der Waals surface area (Å²) >= 11 is 0. The minimum absolute atomic E-state index is 0.0581. The van der Waals surface area contributed by atoms with Crippen molar-refractivity contribution in [3.05, 3.63) is 265 Å². The molecular formula is C90H72N8O8+4. The first-order valence-corrected chi connectivity index (χ1v) is 34.8. The largest absolute Gasteiger partial charge is 0.425 e. The SMILES string of the molecule is Cc1ccc2c(oc3oc4ccccc4c32)c1-c1cnc(-c2ccccc2)c[n+]1C.Cc1ccc2c(oc3oc4ccccc4c32)c1-c1cncc[n+]1C.[2H]C([2H])([2H])C(C)c1c[n+](C)c(-c2c(C)ccc3c2oc2oc4ccccc4c23)cn1.[2H]C([2H])([2H])c1c[n+](C)c(-c2c(C)ccc3c2oc2oc4ccccc4c23)cn1. The number of aromatic nitrogens is 8. The van der Waals surface area contributed by atoms with Crippen LogP contribution < -0.4 is 18.3 Å². The smallest absolute Gasteiger partial charge is 0.299 e. The summed E-state index contributed by atoms with van der Waals surface area (Å²) in [5.41, 5.74) is 20.9. The number of hydrogen-bond acceptors (Lipinski definition) is 12. The summed E-state index contributed by atoms with van der Waals surface area (Å²) in [6.45, 7) is 5.54. The Morgan fingerprint density at radius 3 is 1.08 bits per heavy atom. The number of para-hydroxylation sites is 4. The van der Waals surface area contributed by atoms with E-state index in [1.165, 1.54) is 0 Å². The molecule has 106 heavy (non-hydrogen) atoms. The van der Waals surface area contributed by atoms with Crippen molar-refractivity contribution in [3.63, 3.8) is 0 Å². The summed E-state index contributed by atoms with van der Waals surface area (Å²) in [5.74, 6) is 1.48. The van der Waals surface area contributed by atoms with Gasteiger partial charge in [0.15, 0.2) is 47.1 Å². The monoisotopic (exact) mass is 1400 g/mol. The summed E-state index contributed by atoms with van der Waals surface area (Å²) in [7, 11) is 7.77. The van der Waals surface area contributed by atoms with Crippen molar-refractivity contribution in [2.75, 3.05) is 0 Å². The molecule has 9 aromatic carbocycles. The Hall–Kier alpha value is -13.3. The third kappa shape index (κ3) is 10.7. The maximum Gasteiger partial charge on any atom is 0.299 e. The molecule has 12 aromatic heterocycles. The summed E-state index contributed by atoms with van der Waals surface area (Å²) in [6, 6.07) is 58.7. The molecule has 1 unspecified atom stereocenters. The van der Waals surface area contributed by atoms with Gasteiger partial charge in [0.1, 0.15) is 73.8 Å². The van der Waals surface area contributed by atoms with Gasteiger partial charge in [0.2, 0.25) is 22.8 Å². The standard InChI is InChI=1S/C26H19N2O2.C23H21N2O2.C21H17N2O2.C20H15N2O2/c1-16-12-13-19-24-18-10-6-7-11-22(18)29-26(24)30-25(19)23(16)21-14-27-20(15-28(21)2)17-8-4-3-5-9-17;1-13(2)17-12-25(4)18(11-24-17)20-14(3)9-10-16-21-15-7-5-6-8-19(15)26-23(21)27-22(16)20;1-12-8-9-15-19-14-6-4-5-7-17(14)24-21(19)25-20(15)18(12)16-10-22-13(2)11-23(16)3;1-12-7-8-14-18-13-5-3-4-6-16(13)23-20(18)24-19(14)17(12)15-11-21-9-10-22(15)2/h3-15H,1-2H3;5-13H,1-4H3;4-11H,1-3H3;3-11H,1-2H3/q4*+1/i;1D3;2D3;. The number of rotatable bonds is 6. The van der Waals surface area contributed by atoms with Gasteiger partial charge in [-0.25, -0.2) is 15.0 Å². The Labute approximate surface area is 615 Å². The molecule has 16 nitrogen and oxygen atoms in total. The van der Waals surface area contributed by atoms with Gasteiger partial charge in [0, 0.05) is 62.8 Å². The van der Waals surface area contributed by atoms with Crippen LogP contribution in [0.4, 0.5) is 0 Å². The molecule has 0 saturated heterocycles. The number of aryl methyl sites for hydroxylation is 9. The fraction of sp³-hybridized carbons (Fsp3) is 0.133. The first-order chi connectivity index (χ1) is 54.0. The second-order valence-electron chi connectivity index (χ2n) is 27.0. The van der Waals surface area contributed by atoms with E-state index in [-0.39, 0.29) is 5.69 Å². The van der Waals surface area contributed by atoms with E-state index in [1.54, 1.807) is 42.5 Å². The average molecular weight is 1400 g/mol. The summed E-state index contributed by atoms with van der Waals surface area (Å²) in [6.07, 6.45) is 16.2. The number of benzene rings is 9. The van der Waals surface area contributed by atoms with Gasteiger partial charge < -0.3 is 35.3 Å². The zero-order chi connectivity index (χ0) is 77.3. The van der Waals surface area contributed by atoms with Crippen LogP contribution in [0.3, 0.4) is 0 Å². The van der Waals surface area contributed by atoms with Gasteiger partial charge >= 0.3 is 0 Å². The highest BCUT2D eigenvalue weighted by atomic mass is 16.5. The molecule has 0 bridgehead atoms. The van der Waals surface area contributed by atoms with E-state index >= 15 is 0 Å². The lowest BCUT2D eigenvalue weighted by molar-refractivity contribution is -0.661. The van der Waals surface area contributed by atoms with Crippen LogP contribution in [-0.2, 0) is 28.2 Å². The van der Waals surface area contributed by atoms with Crippen LogP contribution in [0.15, 0.2) is 267 Å². The van der Waals surface area contributed by atoms with Crippen LogP contribution in [0.5, 0.6) is 0 Å².